The minimum Gasteiger partial charge on any atom is -0.376 e. The van der Waals surface area contributed by atoms with Crippen LogP contribution in [0.2, 0.25) is 0 Å². The molecule has 1 aliphatic rings. The van der Waals surface area contributed by atoms with Crippen molar-refractivity contribution in [2.75, 3.05) is 25.4 Å². The van der Waals surface area contributed by atoms with Crippen molar-refractivity contribution in [3.8, 4) is 0 Å². The summed E-state index contributed by atoms with van der Waals surface area (Å²) in [5.41, 5.74) is 1.20. The van der Waals surface area contributed by atoms with E-state index in [0.717, 1.165) is 56.5 Å². The summed E-state index contributed by atoms with van der Waals surface area (Å²) < 4.78 is 7.97. The molecule has 146 valence electrons. The molecule has 3 rings (SSSR count). The van der Waals surface area contributed by atoms with Gasteiger partial charge in [0.25, 0.3) is 0 Å². The van der Waals surface area contributed by atoms with Gasteiger partial charge in [-0.15, -0.1) is 10.2 Å². The van der Waals surface area contributed by atoms with E-state index >= 15 is 0 Å². The molecule has 1 aromatic heterocycles. The summed E-state index contributed by atoms with van der Waals surface area (Å²) in [6.07, 6.45) is 3.09. The van der Waals surface area contributed by atoms with E-state index in [1.165, 1.54) is 17.3 Å². The highest BCUT2D eigenvalue weighted by Crippen LogP contribution is 2.23. The van der Waals surface area contributed by atoms with E-state index in [4.69, 9.17) is 4.74 Å². The van der Waals surface area contributed by atoms with Crippen LogP contribution in [0.4, 0.5) is 0 Å². The molecule has 1 fully saturated rings. The number of rotatable bonds is 9. The zero-order valence-corrected chi connectivity index (χ0v) is 17.0. The molecule has 1 atom stereocenters. The Labute approximate surface area is 165 Å². The number of hydrogen-bond acceptors (Lipinski definition) is 5. The number of carbonyl (C=O) groups excluding carboxylic acids is 1. The van der Waals surface area contributed by atoms with E-state index in [0.29, 0.717) is 5.75 Å². The molecule has 0 aliphatic carbocycles. The van der Waals surface area contributed by atoms with Crippen LogP contribution in [0.1, 0.15) is 38.1 Å². The van der Waals surface area contributed by atoms with Crippen LogP contribution in [0.15, 0.2) is 35.5 Å². The van der Waals surface area contributed by atoms with E-state index in [1.807, 2.05) is 36.9 Å². The molecule has 0 saturated carbocycles. The molecule has 0 radical (unpaired) electrons. The van der Waals surface area contributed by atoms with Crippen molar-refractivity contribution >= 4 is 17.7 Å². The van der Waals surface area contributed by atoms with Crippen LogP contribution in [0.25, 0.3) is 0 Å². The van der Waals surface area contributed by atoms with Gasteiger partial charge in [-0.25, -0.2) is 0 Å². The Kier molecular flexibility index (Phi) is 7.29. The summed E-state index contributed by atoms with van der Waals surface area (Å²) in [5.74, 6) is 1.45. The zero-order valence-electron chi connectivity index (χ0n) is 16.1. The topological polar surface area (TPSA) is 60.2 Å². The lowest BCUT2D eigenvalue weighted by atomic mass is 10.1. The quantitative estimate of drug-likeness (QED) is 0.618. The molecule has 7 heteroatoms. The average molecular weight is 389 g/mol. The maximum atomic E-state index is 12.4. The molecule has 27 heavy (non-hydrogen) atoms. The van der Waals surface area contributed by atoms with Crippen LogP contribution in [-0.4, -0.2) is 57.1 Å². The predicted octanol–water partition coefficient (Wildman–Crippen LogP) is 3.01. The minimum absolute atomic E-state index is 0.140. The molecule has 6 nitrogen and oxygen atoms in total. The van der Waals surface area contributed by atoms with Crippen LogP contribution in [0.5, 0.6) is 0 Å². The van der Waals surface area contributed by atoms with Gasteiger partial charge in [-0.3, -0.25) is 4.79 Å². The minimum atomic E-state index is 0.140. The second-order valence-corrected chi connectivity index (χ2v) is 7.60. The summed E-state index contributed by atoms with van der Waals surface area (Å²) in [6.45, 7) is 7.05. The van der Waals surface area contributed by atoms with Crippen LogP contribution in [-0.2, 0) is 22.5 Å². The number of carbonyl (C=O) groups is 1. The number of nitrogens with zero attached hydrogens (tertiary/aromatic N) is 4. The molecule has 0 bridgehead atoms. The van der Waals surface area contributed by atoms with Crippen LogP contribution >= 0.6 is 11.8 Å². The fraction of sp³-hybridized carbons (Fsp3) is 0.550. The van der Waals surface area contributed by atoms with Gasteiger partial charge in [-0.2, -0.15) is 0 Å². The van der Waals surface area contributed by atoms with E-state index in [2.05, 4.69) is 26.9 Å². The standard InChI is InChI=1S/C20H28N4O2S/c1-3-23(4-2)19(25)15-27-20-22-21-18(13-16-9-6-5-7-10-16)24(20)14-17-11-8-12-26-17/h5-7,9-10,17H,3-4,8,11-15H2,1-2H3/t17-/m1/s1. The lowest BCUT2D eigenvalue weighted by molar-refractivity contribution is -0.127. The van der Waals surface area contributed by atoms with Crippen LogP contribution in [0, 0.1) is 0 Å². The van der Waals surface area contributed by atoms with Gasteiger partial charge in [0.15, 0.2) is 5.16 Å². The van der Waals surface area contributed by atoms with Gasteiger partial charge in [0.2, 0.25) is 5.91 Å². The van der Waals surface area contributed by atoms with Crippen molar-refractivity contribution in [1.29, 1.82) is 0 Å². The van der Waals surface area contributed by atoms with Crippen LogP contribution in [0.3, 0.4) is 0 Å². The first-order chi connectivity index (χ1) is 13.2. The Morgan fingerprint density at radius 3 is 2.70 bits per heavy atom. The highest BCUT2D eigenvalue weighted by Gasteiger charge is 2.22. The Morgan fingerprint density at radius 1 is 1.26 bits per heavy atom. The lowest BCUT2D eigenvalue weighted by Crippen LogP contribution is -2.32. The van der Waals surface area contributed by atoms with Gasteiger partial charge in [0.05, 0.1) is 18.4 Å². The van der Waals surface area contributed by atoms with Crippen molar-refractivity contribution in [1.82, 2.24) is 19.7 Å². The van der Waals surface area contributed by atoms with Crippen molar-refractivity contribution in [3.05, 3.63) is 41.7 Å². The second-order valence-electron chi connectivity index (χ2n) is 6.66. The average Bonchev–Trinajstić information content (AvgIpc) is 3.33. The van der Waals surface area contributed by atoms with Crippen molar-refractivity contribution in [3.63, 3.8) is 0 Å². The predicted molar refractivity (Wildman–Crippen MR) is 107 cm³/mol. The van der Waals surface area contributed by atoms with E-state index < -0.39 is 0 Å². The van der Waals surface area contributed by atoms with E-state index in [-0.39, 0.29) is 12.0 Å². The molecule has 2 aromatic rings. The number of amides is 1. The normalized spacial score (nSPS) is 16.6. The van der Waals surface area contributed by atoms with Gasteiger partial charge in [0.1, 0.15) is 5.82 Å². The molecule has 1 saturated heterocycles. The van der Waals surface area contributed by atoms with Crippen LogP contribution < -0.4 is 0 Å². The fourth-order valence-electron chi connectivity index (χ4n) is 3.30. The van der Waals surface area contributed by atoms with Gasteiger partial charge < -0.3 is 14.2 Å². The summed E-state index contributed by atoms with van der Waals surface area (Å²) >= 11 is 1.47. The third-order valence-corrected chi connectivity index (χ3v) is 5.80. The summed E-state index contributed by atoms with van der Waals surface area (Å²) in [4.78, 5) is 14.2. The third-order valence-electron chi connectivity index (χ3n) is 4.85. The Balaban J connectivity index is 1.74. The van der Waals surface area contributed by atoms with E-state index in [1.54, 1.807) is 0 Å². The first-order valence-electron chi connectivity index (χ1n) is 9.69. The number of aromatic nitrogens is 3. The van der Waals surface area contributed by atoms with Crippen molar-refractivity contribution in [2.45, 2.75) is 50.9 Å². The smallest absolute Gasteiger partial charge is 0.233 e. The molecule has 2 heterocycles. The monoisotopic (exact) mass is 388 g/mol. The molecule has 1 aliphatic heterocycles. The molecule has 0 unspecified atom stereocenters. The van der Waals surface area contributed by atoms with Crippen molar-refractivity contribution in [2.24, 2.45) is 0 Å². The highest BCUT2D eigenvalue weighted by molar-refractivity contribution is 7.99. The molecular formula is C20H28N4O2S. The molecular weight excluding hydrogens is 360 g/mol. The Hall–Kier alpha value is -1.86. The number of ether oxygens (including phenoxy) is 1. The summed E-state index contributed by atoms with van der Waals surface area (Å²) in [7, 11) is 0. The largest absolute Gasteiger partial charge is 0.376 e. The maximum absolute atomic E-state index is 12.4. The number of hydrogen-bond donors (Lipinski definition) is 0. The molecule has 0 spiro atoms. The SMILES string of the molecule is CCN(CC)C(=O)CSc1nnc(Cc2ccccc2)n1C[C@H]1CCCO1. The number of thioether (sulfide) groups is 1. The summed E-state index contributed by atoms with van der Waals surface area (Å²) in [5, 5.41) is 9.62. The number of benzene rings is 1. The van der Waals surface area contributed by atoms with Gasteiger partial charge in [-0.1, -0.05) is 42.1 Å². The molecule has 1 amide bonds. The lowest BCUT2D eigenvalue weighted by Gasteiger charge is -2.18. The second kappa shape index (κ2) is 9.90. The Morgan fingerprint density at radius 2 is 2.04 bits per heavy atom. The Bertz CT molecular complexity index is 725. The van der Waals surface area contributed by atoms with E-state index in [9.17, 15) is 4.79 Å². The first kappa shape index (κ1) is 19.9. The first-order valence-corrected chi connectivity index (χ1v) is 10.7. The van der Waals surface area contributed by atoms with Crippen molar-refractivity contribution < 1.29 is 9.53 Å². The maximum Gasteiger partial charge on any atom is 0.233 e. The zero-order chi connectivity index (χ0) is 19.1. The molecule has 0 N–H and O–H groups in total. The van der Waals surface area contributed by atoms with Gasteiger partial charge in [-0.05, 0) is 32.3 Å². The van der Waals surface area contributed by atoms with Gasteiger partial charge >= 0.3 is 0 Å². The summed E-state index contributed by atoms with van der Waals surface area (Å²) in [6, 6.07) is 10.3. The van der Waals surface area contributed by atoms with Gasteiger partial charge in [0, 0.05) is 26.1 Å². The fourth-order valence-corrected chi connectivity index (χ4v) is 4.17. The molecule has 1 aromatic carbocycles. The highest BCUT2D eigenvalue weighted by atomic mass is 32.2. The third kappa shape index (κ3) is 5.32.